The highest BCUT2D eigenvalue weighted by atomic mass is 19.1. The molecule has 1 amide bonds. The van der Waals surface area contributed by atoms with E-state index < -0.39 is 16.6 Å². The first-order valence-electron chi connectivity index (χ1n) is 8.55. The van der Waals surface area contributed by atoms with Gasteiger partial charge < -0.3 is 10.2 Å². The van der Waals surface area contributed by atoms with E-state index >= 15 is 0 Å². The van der Waals surface area contributed by atoms with Gasteiger partial charge in [-0.05, 0) is 43.0 Å². The Labute approximate surface area is 150 Å². The van der Waals surface area contributed by atoms with Gasteiger partial charge in [0, 0.05) is 24.7 Å². The van der Waals surface area contributed by atoms with Gasteiger partial charge in [0.1, 0.15) is 11.5 Å². The fourth-order valence-corrected chi connectivity index (χ4v) is 3.24. The lowest BCUT2D eigenvalue weighted by molar-refractivity contribution is -0.384. The molecule has 0 bridgehead atoms. The summed E-state index contributed by atoms with van der Waals surface area (Å²) in [6.45, 7) is 3.63. The third-order valence-corrected chi connectivity index (χ3v) is 4.55. The normalized spacial score (nSPS) is 17.0. The lowest BCUT2D eigenvalue weighted by Gasteiger charge is -2.32. The first-order chi connectivity index (χ1) is 12.5. The Morgan fingerprint density at radius 1 is 1.31 bits per heavy atom. The number of amides is 1. The number of rotatable bonds is 4. The predicted octanol–water partition coefficient (Wildman–Crippen LogP) is 4.22. The molecule has 7 heteroatoms. The van der Waals surface area contributed by atoms with Gasteiger partial charge in [-0.25, -0.2) is 4.39 Å². The van der Waals surface area contributed by atoms with Crippen molar-refractivity contribution in [3.05, 3.63) is 64.0 Å². The third-order valence-electron chi connectivity index (χ3n) is 4.55. The highest BCUT2D eigenvalue weighted by molar-refractivity contribution is 6.05. The van der Waals surface area contributed by atoms with Gasteiger partial charge in [-0.3, -0.25) is 14.9 Å². The number of hydrogen-bond acceptors (Lipinski definition) is 4. The highest BCUT2D eigenvalue weighted by Crippen LogP contribution is 2.32. The maximum atomic E-state index is 13.7. The fourth-order valence-electron chi connectivity index (χ4n) is 3.24. The SMILES string of the molecule is C[C@H]1CCCN(c2ccc(C(=O)Nc3ccccc3F)cc2[N+](=O)[O-])C1. The molecule has 0 spiro atoms. The van der Waals surface area contributed by atoms with E-state index in [0.717, 1.165) is 25.9 Å². The molecule has 2 aromatic rings. The Bertz CT molecular complexity index is 841. The lowest BCUT2D eigenvalue weighted by Crippen LogP contribution is -2.34. The van der Waals surface area contributed by atoms with Crippen LogP contribution in [0.5, 0.6) is 0 Å². The first-order valence-corrected chi connectivity index (χ1v) is 8.55. The number of piperidine rings is 1. The molecule has 0 saturated carbocycles. The van der Waals surface area contributed by atoms with Crippen LogP contribution < -0.4 is 10.2 Å². The zero-order valence-electron chi connectivity index (χ0n) is 14.4. The Morgan fingerprint density at radius 2 is 2.08 bits per heavy atom. The van der Waals surface area contributed by atoms with Crippen LogP contribution in [0.3, 0.4) is 0 Å². The monoisotopic (exact) mass is 357 g/mol. The van der Waals surface area contributed by atoms with Crippen molar-refractivity contribution < 1.29 is 14.1 Å². The van der Waals surface area contributed by atoms with E-state index in [1.807, 2.05) is 4.90 Å². The van der Waals surface area contributed by atoms with Crippen LogP contribution in [0.15, 0.2) is 42.5 Å². The number of nitro benzene ring substituents is 1. The van der Waals surface area contributed by atoms with Gasteiger partial charge >= 0.3 is 0 Å². The van der Waals surface area contributed by atoms with Crippen molar-refractivity contribution in [2.75, 3.05) is 23.3 Å². The Balaban J connectivity index is 1.87. The molecular formula is C19H20FN3O3. The molecule has 1 heterocycles. The summed E-state index contributed by atoms with van der Waals surface area (Å²) in [5.41, 5.74) is 0.562. The highest BCUT2D eigenvalue weighted by Gasteiger charge is 2.25. The number of benzene rings is 2. The van der Waals surface area contributed by atoms with E-state index in [1.54, 1.807) is 12.1 Å². The fraction of sp³-hybridized carbons (Fsp3) is 0.316. The van der Waals surface area contributed by atoms with E-state index in [4.69, 9.17) is 0 Å². The molecule has 2 aromatic carbocycles. The zero-order chi connectivity index (χ0) is 18.7. The molecule has 0 unspecified atom stereocenters. The molecule has 0 radical (unpaired) electrons. The summed E-state index contributed by atoms with van der Waals surface area (Å²) in [5, 5.41) is 14.0. The maximum Gasteiger partial charge on any atom is 0.293 e. The quantitative estimate of drug-likeness (QED) is 0.656. The van der Waals surface area contributed by atoms with Crippen molar-refractivity contribution in [1.82, 2.24) is 0 Å². The molecule has 1 fully saturated rings. The van der Waals surface area contributed by atoms with Crippen molar-refractivity contribution in [1.29, 1.82) is 0 Å². The number of carbonyl (C=O) groups excluding carboxylic acids is 1. The van der Waals surface area contributed by atoms with Crippen LogP contribution in [0.25, 0.3) is 0 Å². The predicted molar refractivity (Wildman–Crippen MR) is 98.1 cm³/mol. The second-order valence-corrected chi connectivity index (χ2v) is 6.59. The molecule has 6 nitrogen and oxygen atoms in total. The van der Waals surface area contributed by atoms with Crippen molar-refractivity contribution >= 4 is 23.0 Å². The van der Waals surface area contributed by atoms with Crippen LogP contribution in [-0.4, -0.2) is 23.9 Å². The Morgan fingerprint density at radius 3 is 2.77 bits per heavy atom. The van der Waals surface area contributed by atoms with Crippen molar-refractivity contribution in [3.8, 4) is 0 Å². The summed E-state index contributed by atoms with van der Waals surface area (Å²) >= 11 is 0. The van der Waals surface area contributed by atoms with E-state index in [9.17, 15) is 19.3 Å². The molecule has 1 saturated heterocycles. The van der Waals surface area contributed by atoms with Crippen molar-refractivity contribution in [3.63, 3.8) is 0 Å². The van der Waals surface area contributed by atoms with E-state index in [-0.39, 0.29) is 16.9 Å². The second-order valence-electron chi connectivity index (χ2n) is 6.59. The minimum atomic E-state index is -0.586. The van der Waals surface area contributed by atoms with Crippen LogP contribution in [0.1, 0.15) is 30.1 Å². The number of para-hydroxylation sites is 1. The average Bonchev–Trinajstić information content (AvgIpc) is 2.63. The molecule has 1 N–H and O–H groups in total. The van der Waals surface area contributed by atoms with Gasteiger partial charge in [0.2, 0.25) is 0 Å². The summed E-state index contributed by atoms with van der Waals surface area (Å²) in [4.78, 5) is 25.4. The van der Waals surface area contributed by atoms with Crippen molar-refractivity contribution in [2.45, 2.75) is 19.8 Å². The average molecular weight is 357 g/mol. The summed E-state index contributed by atoms with van der Waals surface area (Å²) in [7, 11) is 0. The summed E-state index contributed by atoms with van der Waals surface area (Å²) < 4.78 is 13.7. The third kappa shape index (κ3) is 3.82. The summed E-state index contributed by atoms with van der Waals surface area (Å²) in [6, 6.07) is 10.2. The van der Waals surface area contributed by atoms with Gasteiger partial charge in [-0.1, -0.05) is 19.1 Å². The molecule has 136 valence electrons. The molecule has 26 heavy (non-hydrogen) atoms. The number of carbonyl (C=O) groups is 1. The van der Waals surface area contributed by atoms with Crippen LogP contribution in [-0.2, 0) is 0 Å². The number of hydrogen-bond donors (Lipinski definition) is 1. The minimum absolute atomic E-state index is 0.0362. The standard InChI is InChI=1S/C19H20FN3O3/c1-13-5-4-10-22(12-13)17-9-8-14(11-18(17)23(25)26)19(24)21-16-7-3-2-6-15(16)20/h2-3,6-9,11,13H,4-5,10,12H2,1H3,(H,21,24)/t13-/m0/s1. The van der Waals surface area contributed by atoms with Gasteiger partial charge in [-0.15, -0.1) is 0 Å². The Hall–Kier alpha value is -2.96. The number of nitrogens with one attached hydrogen (secondary N) is 1. The number of nitro groups is 1. The largest absolute Gasteiger partial charge is 0.366 e. The number of nitrogens with zero attached hydrogens (tertiary/aromatic N) is 2. The minimum Gasteiger partial charge on any atom is -0.366 e. The number of anilines is 2. The molecule has 1 aliphatic rings. The summed E-state index contributed by atoms with van der Waals surface area (Å²) in [6.07, 6.45) is 2.08. The summed E-state index contributed by atoms with van der Waals surface area (Å²) in [5.74, 6) is -0.682. The van der Waals surface area contributed by atoms with Crippen LogP contribution in [0.2, 0.25) is 0 Å². The molecule has 0 aliphatic carbocycles. The van der Waals surface area contributed by atoms with Gasteiger partial charge in [0.25, 0.3) is 11.6 Å². The molecular weight excluding hydrogens is 337 g/mol. The molecule has 3 rings (SSSR count). The van der Waals surface area contributed by atoms with Gasteiger partial charge in [0.05, 0.1) is 10.6 Å². The van der Waals surface area contributed by atoms with Gasteiger partial charge in [0.15, 0.2) is 0 Å². The van der Waals surface area contributed by atoms with Gasteiger partial charge in [-0.2, -0.15) is 0 Å². The van der Waals surface area contributed by atoms with E-state index in [1.165, 1.54) is 30.3 Å². The van der Waals surface area contributed by atoms with Crippen LogP contribution >= 0.6 is 0 Å². The van der Waals surface area contributed by atoms with E-state index in [2.05, 4.69) is 12.2 Å². The second kappa shape index (κ2) is 7.51. The molecule has 0 aromatic heterocycles. The first kappa shape index (κ1) is 17.8. The van der Waals surface area contributed by atoms with Crippen LogP contribution in [0.4, 0.5) is 21.5 Å². The molecule has 1 atom stereocenters. The lowest BCUT2D eigenvalue weighted by atomic mass is 9.99. The molecule has 1 aliphatic heterocycles. The Kier molecular flexibility index (Phi) is 5.16. The number of halogens is 1. The van der Waals surface area contributed by atoms with Crippen molar-refractivity contribution in [2.24, 2.45) is 5.92 Å². The van der Waals surface area contributed by atoms with E-state index in [0.29, 0.717) is 11.6 Å². The maximum absolute atomic E-state index is 13.7. The topological polar surface area (TPSA) is 75.5 Å². The van der Waals surface area contributed by atoms with Crippen LogP contribution in [0, 0.1) is 21.8 Å². The zero-order valence-corrected chi connectivity index (χ0v) is 14.4. The smallest absolute Gasteiger partial charge is 0.293 e.